The molecule has 2 aromatic carbocycles. The molecule has 2 aromatic rings. The Hall–Kier alpha value is -3.22. The van der Waals surface area contributed by atoms with Gasteiger partial charge in [0.15, 0.2) is 6.61 Å². The van der Waals surface area contributed by atoms with Gasteiger partial charge in [-0.2, -0.15) is 5.10 Å². The first kappa shape index (κ1) is 19.1. The smallest absolute Gasteiger partial charge is 0.277 e. The first-order valence-electron chi connectivity index (χ1n) is 8.06. The van der Waals surface area contributed by atoms with Crippen molar-refractivity contribution in [3.63, 3.8) is 0 Å². The van der Waals surface area contributed by atoms with E-state index in [9.17, 15) is 4.79 Å². The van der Waals surface area contributed by atoms with Crippen molar-refractivity contribution in [3.05, 3.63) is 48.0 Å². The Bertz CT molecular complexity index is 744. The molecule has 0 heterocycles. The summed E-state index contributed by atoms with van der Waals surface area (Å²) in [5.74, 6) is 2.22. The minimum absolute atomic E-state index is 0.148. The van der Waals surface area contributed by atoms with Gasteiger partial charge in [-0.15, -0.1) is 0 Å². The third-order valence-corrected chi connectivity index (χ3v) is 3.34. The molecule has 138 valence electrons. The fraction of sp³-hybridized carbons (Fsp3) is 0.263. The van der Waals surface area contributed by atoms with Crippen LogP contribution in [-0.2, 0) is 4.79 Å². The number of nitrogens with zero attached hydrogens (tertiary/aromatic N) is 1. The zero-order valence-electron chi connectivity index (χ0n) is 15.0. The van der Waals surface area contributed by atoms with Gasteiger partial charge in [-0.3, -0.25) is 4.79 Å². The molecule has 0 saturated heterocycles. The number of rotatable bonds is 9. The van der Waals surface area contributed by atoms with Crippen LogP contribution in [0.2, 0.25) is 0 Å². The molecule has 0 radical (unpaired) electrons. The minimum atomic E-state index is -0.373. The van der Waals surface area contributed by atoms with Crippen LogP contribution in [0.25, 0.3) is 0 Å². The third kappa shape index (κ3) is 5.70. The number of methoxy groups -OCH3 is 2. The highest BCUT2D eigenvalue weighted by Crippen LogP contribution is 2.23. The summed E-state index contributed by atoms with van der Waals surface area (Å²) in [6.07, 6.45) is 1.49. The maximum atomic E-state index is 11.8. The van der Waals surface area contributed by atoms with E-state index in [1.54, 1.807) is 56.7 Å². The Morgan fingerprint density at radius 3 is 2.27 bits per heavy atom. The summed E-state index contributed by atoms with van der Waals surface area (Å²) >= 11 is 0. The van der Waals surface area contributed by atoms with Gasteiger partial charge in [0, 0.05) is 11.6 Å². The van der Waals surface area contributed by atoms with Crippen molar-refractivity contribution in [3.8, 4) is 23.0 Å². The van der Waals surface area contributed by atoms with E-state index >= 15 is 0 Å². The van der Waals surface area contributed by atoms with E-state index in [1.807, 2.05) is 6.92 Å². The van der Waals surface area contributed by atoms with Crippen molar-refractivity contribution in [1.82, 2.24) is 5.43 Å². The number of nitrogens with one attached hydrogen (secondary N) is 1. The topological polar surface area (TPSA) is 78.4 Å². The molecule has 0 aliphatic rings. The molecule has 7 heteroatoms. The Labute approximate surface area is 152 Å². The van der Waals surface area contributed by atoms with Gasteiger partial charge in [-0.05, 0) is 43.3 Å². The second-order valence-electron chi connectivity index (χ2n) is 5.09. The molecule has 0 atom stereocenters. The van der Waals surface area contributed by atoms with Gasteiger partial charge in [0.05, 0.1) is 27.0 Å². The van der Waals surface area contributed by atoms with Crippen LogP contribution < -0.4 is 24.4 Å². The molecular weight excluding hydrogens is 336 g/mol. The number of amides is 1. The lowest BCUT2D eigenvalue weighted by atomic mass is 10.2. The van der Waals surface area contributed by atoms with Gasteiger partial charge in [0.2, 0.25) is 0 Å². The van der Waals surface area contributed by atoms with Crippen molar-refractivity contribution in [2.24, 2.45) is 5.10 Å². The summed E-state index contributed by atoms with van der Waals surface area (Å²) in [6, 6.07) is 12.3. The van der Waals surface area contributed by atoms with Crippen LogP contribution in [0.15, 0.2) is 47.6 Å². The van der Waals surface area contributed by atoms with Crippen molar-refractivity contribution < 1.29 is 23.7 Å². The molecule has 0 saturated carbocycles. The molecular formula is C19H22N2O5. The zero-order chi connectivity index (χ0) is 18.8. The number of hydrogen-bond donors (Lipinski definition) is 1. The molecule has 1 amide bonds. The summed E-state index contributed by atoms with van der Waals surface area (Å²) in [5, 5.41) is 3.91. The van der Waals surface area contributed by atoms with Gasteiger partial charge in [-0.1, -0.05) is 0 Å². The van der Waals surface area contributed by atoms with Gasteiger partial charge < -0.3 is 18.9 Å². The second-order valence-corrected chi connectivity index (χ2v) is 5.09. The Morgan fingerprint density at radius 1 is 1.00 bits per heavy atom. The van der Waals surface area contributed by atoms with Crippen molar-refractivity contribution in [2.75, 3.05) is 27.4 Å². The normalized spacial score (nSPS) is 10.4. The number of hydrogen-bond acceptors (Lipinski definition) is 6. The summed E-state index contributed by atoms with van der Waals surface area (Å²) in [5.41, 5.74) is 3.12. The highest BCUT2D eigenvalue weighted by atomic mass is 16.5. The van der Waals surface area contributed by atoms with Gasteiger partial charge in [0.25, 0.3) is 5.91 Å². The van der Waals surface area contributed by atoms with Crippen LogP contribution in [0.1, 0.15) is 12.5 Å². The molecule has 0 aliphatic carbocycles. The monoisotopic (exact) mass is 358 g/mol. The minimum Gasteiger partial charge on any atom is -0.497 e. The lowest BCUT2D eigenvalue weighted by Gasteiger charge is -2.08. The molecule has 0 bridgehead atoms. The van der Waals surface area contributed by atoms with Crippen LogP contribution in [0.5, 0.6) is 23.0 Å². The molecule has 7 nitrogen and oxygen atoms in total. The molecule has 0 unspecified atom stereocenters. The standard InChI is InChI=1S/C19H22N2O5/c1-4-25-15-7-9-16(10-8-15)26-13-19(22)21-20-12-14-5-6-17(23-2)11-18(14)24-3/h5-12H,4,13H2,1-3H3,(H,21,22)/b20-12+. The third-order valence-electron chi connectivity index (χ3n) is 3.34. The van der Waals surface area contributed by atoms with Crippen LogP contribution in [-0.4, -0.2) is 39.6 Å². The van der Waals surface area contributed by atoms with E-state index in [4.69, 9.17) is 18.9 Å². The lowest BCUT2D eigenvalue weighted by molar-refractivity contribution is -0.123. The van der Waals surface area contributed by atoms with Crippen LogP contribution in [0.4, 0.5) is 0 Å². The predicted molar refractivity (Wildman–Crippen MR) is 98.4 cm³/mol. The Kier molecular flexibility index (Phi) is 7.30. The van der Waals surface area contributed by atoms with E-state index in [0.29, 0.717) is 29.4 Å². The van der Waals surface area contributed by atoms with E-state index < -0.39 is 0 Å². The zero-order valence-corrected chi connectivity index (χ0v) is 15.0. The molecule has 0 spiro atoms. The van der Waals surface area contributed by atoms with Crippen LogP contribution in [0.3, 0.4) is 0 Å². The van der Waals surface area contributed by atoms with Crippen LogP contribution >= 0.6 is 0 Å². The molecule has 0 aliphatic heterocycles. The molecule has 0 aromatic heterocycles. The second kappa shape index (κ2) is 9.93. The van der Waals surface area contributed by atoms with Crippen LogP contribution in [0, 0.1) is 0 Å². The Balaban J connectivity index is 1.83. The lowest BCUT2D eigenvalue weighted by Crippen LogP contribution is -2.24. The maximum absolute atomic E-state index is 11.8. The van der Waals surface area contributed by atoms with E-state index in [2.05, 4.69) is 10.5 Å². The Morgan fingerprint density at radius 2 is 1.65 bits per heavy atom. The molecule has 2 rings (SSSR count). The van der Waals surface area contributed by atoms with E-state index in [0.717, 1.165) is 5.75 Å². The first-order valence-corrected chi connectivity index (χ1v) is 8.06. The average Bonchev–Trinajstić information content (AvgIpc) is 2.68. The SMILES string of the molecule is CCOc1ccc(OCC(=O)N/N=C/c2ccc(OC)cc2OC)cc1. The number of benzene rings is 2. The fourth-order valence-corrected chi connectivity index (χ4v) is 2.08. The maximum Gasteiger partial charge on any atom is 0.277 e. The highest BCUT2D eigenvalue weighted by molar-refractivity contribution is 5.85. The summed E-state index contributed by atoms with van der Waals surface area (Å²) in [6.45, 7) is 2.36. The summed E-state index contributed by atoms with van der Waals surface area (Å²) in [7, 11) is 3.13. The van der Waals surface area contributed by atoms with Gasteiger partial charge >= 0.3 is 0 Å². The summed E-state index contributed by atoms with van der Waals surface area (Å²) < 4.78 is 21.1. The van der Waals surface area contributed by atoms with Gasteiger partial charge in [0.1, 0.15) is 23.0 Å². The van der Waals surface area contributed by atoms with Crippen molar-refractivity contribution in [2.45, 2.75) is 6.92 Å². The fourth-order valence-electron chi connectivity index (χ4n) is 2.08. The average molecular weight is 358 g/mol. The number of ether oxygens (including phenoxy) is 4. The molecule has 26 heavy (non-hydrogen) atoms. The number of carbonyl (C=O) groups excluding carboxylic acids is 1. The van der Waals surface area contributed by atoms with E-state index in [1.165, 1.54) is 6.21 Å². The van der Waals surface area contributed by atoms with Gasteiger partial charge in [-0.25, -0.2) is 5.43 Å². The summed E-state index contributed by atoms with van der Waals surface area (Å²) in [4.78, 5) is 11.8. The van der Waals surface area contributed by atoms with Crippen molar-refractivity contribution in [1.29, 1.82) is 0 Å². The highest BCUT2D eigenvalue weighted by Gasteiger charge is 2.04. The van der Waals surface area contributed by atoms with Crippen molar-refractivity contribution >= 4 is 12.1 Å². The largest absolute Gasteiger partial charge is 0.497 e. The predicted octanol–water partition coefficient (Wildman–Crippen LogP) is 2.63. The molecule has 1 N–H and O–H groups in total. The molecule has 0 fully saturated rings. The quantitative estimate of drug-likeness (QED) is 0.551. The number of hydrazone groups is 1. The van der Waals surface area contributed by atoms with E-state index in [-0.39, 0.29) is 12.5 Å². The number of carbonyl (C=O) groups is 1. The first-order chi connectivity index (χ1) is 12.7.